The maximum absolute atomic E-state index is 11.3. The molecule has 3 heterocycles. The standard InChI is InChI=1S/C22H25N3O3S/c1-28-11-2-3-18-14-23-20(17-4-5-19-16(13-17)8-12-29-19)21(24-18)25-9-6-15(7-10-25)22(26)27/h4-5,8,12-15H,2-3,6-7,9-11H2,1H3,(H,26,27). The van der Waals surface area contributed by atoms with Gasteiger partial charge in [0, 0.05) is 43.3 Å². The number of anilines is 1. The summed E-state index contributed by atoms with van der Waals surface area (Å²) in [5.41, 5.74) is 2.85. The van der Waals surface area contributed by atoms with Gasteiger partial charge in [-0.1, -0.05) is 6.07 Å². The van der Waals surface area contributed by atoms with Crippen LogP contribution in [0.15, 0.2) is 35.8 Å². The number of hydrogen-bond acceptors (Lipinski definition) is 6. The Labute approximate surface area is 174 Å². The predicted octanol–water partition coefficient (Wildman–Crippen LogP) is 4.24. The van der Waals surface area contributed by atoms with Crippen LogP contribution >= 0.6 is 11.3 Å². The molecule has 2 aromatic heterocycles. The van der Waals surface area contributed by atoms with Crippen molar-refractivity contribution in [1.82, 2.24) is 9.97 Å². The van der Waals surface area contributed by atoms with Gasteiger partial charge in [-0.3, -0.25) is 9.78 Å². The molecule has 1 aliphatic rings. The topological polar surface area (TPSA) is 75.5 Å². The Balaban J connectivity index is 1.67. The Bertz CT molecular complexity index is 996. The molecule has 0 amide bonds. The van der Waals surface area contributed by atoms with Crippen LogP contribution in [0.25, 0.3) is 21.3 Å². The largest absolute Gasteiger partial charge is 0.481 e. The molecular formula is C22H25N3O3S. The van der Waals surface area contributed by atoms with Gasteiger partial charge in [-0.15, -0.1) is 11.3 Å². The fraction of sp³-hybridized carbons (Fsp3) is 0.409. The minimum Gasteiger partial charge on any atom is -0.481 e. The van der Waals surface area contributed by atoms with E-state index in [1.165, 1.54) is 10.1 Å². The Morgan fingerprint density at radius 1 is 1.31 bits per heavy atom. The molecule has 0 aliphatic carbocycles. The molecule has 0 saturated carbocycles. The number of carboxylic acids is 1. The molecule has 152 valence electrons. The van der Waals surface area contributed by atoms with Crippen LogP contribution in [0.2, 0.25) is 0 Å². The third-order valence-electron chi connectivity index (χ3n) is 5.45. The van der Waals surface area contributed by atoms with E-state index in [0.717, 1.165) is 35.6 Å². The lowest BCUT2D eigenvalue weighted by atomic mass is 9.97. The normalized spacial score (nSPS) is 15.1. The van der Waals surface area contributed by atoms with Crippen LogP contribution in [0.5, 0.6) is 0 Å². The smallest absolute Gasteiger partial charge is 0.306 e. The first-order chi connectivity index (χ1) is 14.2. The second-order valence-electron chi connectivity index (χ2n) is 7.40. The summed E-state index contributed by atoms with van der Waals surface area (Å²) in [6.07, 6.45) is 4.83. The maximum Gasteiger partial charge on any atom is 0.306 e. The Morgan fingerprint density at radius 2 is 2.14 bits per heavy atom. The summed E-state index contributed by atoms with van der Waals surface area (Å²) >= 11 is 1.73. The molecular weight excluding hydrogens is 386 g/mol. The zero-order chi connectivity index (χ0) is 20.2. The number of piperidine rings is 1. The van der Waals surface area contributed by atoms with Crippen LogP contribution in [0, 0.1) is 5.92 Å². The van der Waals surface area contributed by atoms with Gasteiger partial charge >= 0.3 is 5.97 Å². The number of benzene rings is 1. The van der Waals surface area contributed by atoms with Gasteiger partial charge in [-0.25, -0.2) is 4.98 Å². The lowest BCUT2D eigenvalue weighted by Gasteiger charge is -2.32. The third-order valence-corrected chi connectivity index (χ3v) is 6.35. The van der Waals surface area contributed by atoms with Gasteiger partial charge < -0.3 is 14.7 Å². The molecule has 1 N–H and O–H groups in total. The third kappa shape index (κ3) is 4.41. The van der Waals surface area contributed by atoms with Gasteiger partial charge in [-0.05, 0) is 54.6 Å². The Kier molecular flexibility index (Phi) is 6.06. The van der Waals surface area contributed by atoms with Crippen molar-refractivity contribution in [3.05, 3.63) is 41.5 Å². The number of methoxy groups -OCH3 is 1. The van der Waals surface area contributed by atoms with Crippen LogP contribution in [0.4, 0.5) is 5.82 Å². The van der Waals surface area contributed by atoms with Gasteiger partial charge in [-0.2, -0.15) is 0 Å². The second kappa shape index (κ2) is 8.88. The van der Waals surface area contributed by atoms with Gasteiger partial charge in [0.15, 0.2) is 5.82 Å². The predicted molar refractivity (Wildman–Crippen MR) is 116 cm³/mol. The summed E-state index contributed by atoms with van der Waals surface area (Å²) in [5.74, 6) is -0.111. The highest BCUT2D eigenvalue weighted by molar-refractivity contribution is 7.17. The van der Waals surface area contributed by atoms with E-state index < -0.39 is 5.97 Å². The van der Waals surface area contributed by atoms with E-state index in [1.807, 2.05) is 6.20 Å². The molecule has 0 unspecified atom stereocenters. The quantitative estimate of drug-likeness (QED) is 0.586. The molecule has 1 aromatic carbocycles. The highest BCUT2D eigenvalue weighted by Crippen LogP contribution is 2.33. The first-order valence-electron chi connectivity index (χ1n) is 9.96. The SMILES string of the molecule is COCCCc1cnc(-c2ccc3sccc3c2)c(N2CCC(C(=O)O)CC2)n1. The van der Waals surface area contributed by atoms with Gasteiger partial charge in [0.25, 0.3) is 0 Å². The Morgan fingerprint density at radius 3 is 2.90 bits per heavy atom. The molecule has 0 atom stereocenters. The van der Waals surface area contributed by atoms with Gasteiger partial charge in [0.1, 0.15) is 5.69 Å². The number of carbonyl (C=O) groups is 1. The van der Waals surface area contributed by atoms with Crippen molar-refractivity contribution in [1.29, 1.82) is 0 Å². The summed E-state index contributed by atoms with van der Waals surface area (Å²) in [7, 11) is 1.70. The van der Waals surface area contributed by atoms with Crippen LogP contribution in [-0.4, -0.2) is 47.8 Å². The minimum absolute atomic E-state index is 0.269. The zero-order valence-corrected chi connectivity index (χ0v) is 17.3. The number of rotatable bonds is 7. The molecule has 0 spiro atoms. The Hall–Kier alpha value is -2.51. The van der Waals surface area contributed by atoms with E-state index in [0.29, 0.717) is 32.5 Å². The number of aromatic nitrogens is 2. The lowest BCUT2D eigenvalue weighted by Crippen LogP contribution is -2.37. The fourth-order valence-electron chi connectivity index (χ4n) is 3.81. The second-order valence-corrected chi connectivity index (χ2v) is 8.35. The van der Waals surface area contributed by atoms with E-state index in [9.17, 15) is 9.90 Å². The summed E-state index contributed by atoms with van der Waals surface area (Å²) < 4.78 is 6.41. The van der Waals surface area contributed by atoms with E-state index in [1.54, 1.807) is 18.4 Å². The number of nitrogens with zero attached hydrogens (tertiary/aromatic N) is 3. The molecule has 1 saturated heterocycles. The van der Waals surface area contributed by atoms with Gasteiger partial charge in [0.05, 0.1) is 11.6 Å². The first-order valence-corrected chi connectivity index (χ1v) is 10.8. The number of fused-ring (bicyclic) bond motifs is 1. The summed E-state index contributed by atoms with van der Waals surface area (Å²) in [6, 6.07) is 8.51. The van der Waals surface area contributed by atoms with E-state index in [2.05, 4.69) is 34.5 Å². The lowest BCUT2D eigenvalue weighted by molar-refractivity contribution is -0.142. The minimum atomic E-state index is -0.702. The molecule has 1 fully saturated rings. The molecule has 0 radical (unpaired) electrons. The molecule has 4 rings (SSSR count). The number of carboxylic acid groups (broad SMARTS) is 1. The maximum atomic E-state index is 11.3. The summed E-state index contributed by atoms with van der Waals surface area (Å²) in [6.45, 7) is 2.05. The molecule has 1 aliphatic heterocycles. The monoisotopic (exact) mass is 411 g/mol. The zero-order valence-electron chi connectivity index (χ0n) is 16.5. The number of thiophene rings is 1. The summed E-state index contributed by atoms with van der Waals surface area (Å²) in [4.78, 5) is 23.3. The van der Waals surface area contributed by atoms with Crippen LogP contribution in [0.3, 0.4) is 0 Å². The van der Waals surface area contributed by atoms with Crippen molar-refractivity contribution < 1.29 is 14.6 Å². The highest BCUT2D eigenvalue weighted by Gasteiger charge is 2.27. The van der Waals surface area contributed by atoms with Crippen LogP contribution in [-0.2, 0) is 16.0 Å². The first kappa shape index (κ1) is 19.8. The van der Waals surface area contributed by atoms with E-state index >= 15 is 0 Å². The number of ether oxygens (including phenoxy) is 1. The van der Waals surface area contributed by atoms with Crippen molar-refractivity contribution >= 4 is 33.2 Å². The number of aliphatic carboxylic acids is 1. The summed E-state index contributed by atoms with van der Waals surface area (Å²) in [5, 5.41) is 12.6. The van der Waals surface area contributed by atoms with Crippen molar-refractivity contribution in [2.24, 2.45) is 5.92 Å². The molecule has 0 bridgehead atoms. The average molecular weight is 412 g/mol. The number of hydrogen-bond donors (Lipinski definition) is 1. The molecule has 7 heteroatoms. The van der Waals surface area contributed by atoms with Gasteiger partial charge in [0.2, 0.25) is 0 Å². The van der Waals surface area contributed by atoms with Crippen molar-refractivity contribution in [2.45, 2.75) is 25.7 Å². The number of aryl methyl sites for hydroxylation is 1. The van der Waals surface area contributed by atoms with E-state index in [-0.39, 0.29) is 5.92 Å². The van der Waals surface area contributed by atoms with Crippen molar-refractivity contribution in [2.75, 3.05) is 31.7 Å². The fourth-order valence-corrected chi connectivity index (χ4v) is 4.58. The van der Waals surface area contributed by atoms with Crippen molar-refractivity contribution in [3.8, 4) is 11.3 Å². The average Bonchev–Trinajstić information content (AvgIpc) is 3.22. The van der Waals surface area contributed by atoms with Crippen molar-refractivity contribution in [3.63, 3.8) is 0 Å². The van der Waals surface area contributed by atoms with Crippen LogP contribution in [0.1, 0.15) is 25.0 Å². The highest BCUT2D eigenvalue weighted by atomic mass is 32.1. The molecule has 29 heavy (non-hydrogen) atoms. The molecule has 3 aromatic rings. The van der Waals surface area contributed by atoms with Crippen LogP contribution < -0.4 is 4.90 Å². The van der Waals surface area contributed by atoms with E-state index in [4.69, 9.17) is 14.7 Å². The molecule has 6 nitrogen and oxygen atoms in total.